The van der Waals surface area contributed by atoms with Crippen LogP contribution in [0.2, 0.25) is 0 Å². The molecular formula is C14H24BrN3O. The molecule has 1 aliphatic carbocycles. The van der Waals surface area contributed by atoms with Crippen molar-refractivity contribution in [1.82, 2.24) is 15.1 Å². The molecule has 0 unspecified atom stereocenters. The van der Waals surface area contributed by atoms with E-state index in [2.05, 4.69) is 33.3 Å². The molecule has 2 rings (SSSR count). The van der Waals surface area contributed by atoms with Gasteiger partial charge in [0.05, 0.1) is 28.6 Å². The minimum atomic E-state index is 0.400. The van der Waals surface area contributed by atoms with Crippen LogP contribution < -0.4 is 5.32 Å². The zero-order chi connectivity index (χ0) is 13.8. The number of hydrogen-bond acceptors (Lipinski definition) is 3. The summed E-state index contributed by atoms with van der Waals surface area (Å²) in [6.07, 6.45) is 5.14. The van der Waals surface area contributed by atoms with Crippen LogP contribution in [0.3, 0.4) is 0 Å². The van der Waals surface area contributed by atoms with Crippen LogP contribution in [0.25, 0.3) is 0 Å². The Morgan fingerprint density at radius 3 is 2.63 bits per heavy atom. The lowest BCUT2D eigenvalue weighted by atomic mass is 9.93. The number of halogens is 1. The quantitative estimate of drug-likeness (QED) is 0.902. The highest BCUT2D eigenvalue weighted by Crippen LogP contribution is 2.25. The molecule has 0 spiro atoms. The van der Waals surface area contributed by atoms with Crippen molar-refractivity contribution in [1.29, 1.82) is 0 Å². The lowest BCUT2D eigenvalue weighted by Crippen LogP contribution is -2.33. The summed E-state index contributed by atoms with van der Waals surface area (Å²) in [4.78, 5) is 0. The van der Waals surface area contributed by atoms with Crippen molar-refractivity contribution >= 4 is 15.9 Å². The molecule has 0 bridgehead atoms. The number of rotatable bonds is 5. The van der Waals surface area contributed by atoms with Crippen molar-refractivity contribution in [3.05, 3.63) is 15.9 Å². The molecule has 5 heteroatoms. The van der Waals surface area contributed by atoms with Crippen molar-refractivity contribution in [2.24, 2.45) is 0 Å². The van der Waals surface area contributed by atoms with Crippen LogP contribution in [0.5, 0.6) is 0 Å². The van der Waals surface area contributed by atoms with E-state index in [0.717, 1.165) is 35.2 Å². The van der Waals surface area contributed by atoms with E-state index in [-0.39, 0.29) is 0 Å². The van der Waals surface area contributed by atoms with Gasteiger partial charge in [0.1, 0.15) is 0 Å². The Hall–Kier alpha value is -0.390. The SMILES string of the molecule is CCn1nc(C)c(Br)c1COC1CCC(NC)CC1. The number of aryl methyl sites for hydroxylation is 2. The summed E-state index contributed by atoms with van der Waals surface area (Å²) in [6, 6.07) is 0.676. The zero-order valence-electron chi connectivity index (χ0n) is 12.1. The number of nitrogens with zero attached hydrogens (tertiary/aromatic N) is 2. The van der Waals surface area contributed by atoms with Gasteiger partial charge in [-0.1, -0.05) is 0 Å². The lowest BCUT2D eigenvalue weighted by Gasteiger charge is -2.28. The van der Waals surface area contributed by atoms with Crippen molar-refractivity contribution in [2.45, 2.75) is 64.8 Å². The molecule has 0 atom stereocenters. The normalized spacial score (nSPS) is 23.8. The number of nitrogens with one attached hydrogen (secondary N) is 1. The molecule has 1 aliphatic rings. The maximum absolute atomic E-state index is 6.08. The van der Waals surface area contributed by atoms with Crippen LogP contribution in [-0.4, -0.2) is 29.0 Å². The van der Waals surface area contributed by atoms with E-state index in [1.165, 1.54) is 12.8 Å². The summed E-state index contributed by atoms with van der Waals surface area (Å²) in [5.74, 6) is 0. The van der Waals surface area contributed by atoms with Crippen LogP contribution in [0.4, 0.5) is 0 Å². The van der Waals surface area contributed by atoms with Gasteiger partial charge in [0.15, 0.2) is 0 Å². The van der Waals surface area contributed by atoms with Gasteiger partial charge in [-0.3, -0.25) is 4.68 Å². The van der Waals surface area contributed by atoms with Crippen LogP contribution in [-0.2, 0) is 17.9 Å². The molecule has 0 aliphatic heterocycles. The van der Waals surface area contributed by atoms with Gasteiger partial charge in [-0.15, -0.1) is 0 Å². The van der Waals surface area contributed by atoms with Gasteiger partial charge in [0.2, 0.25) is 0 Å². The third-order valence-electron chi connectivity index (χ3n) is 3.99. The average molecular weight is 330 g/mol. The van der Waals surface area contributed by atoms with Crippen LogP contribution in [0.1, 0.15) is 44.0 Å². The Morgan fingerprint density at radius 2 is 2.05 bits per heavy atom. The highest BCUT2D eigenvalue weighted by Gasteiger charge is 2.21. The average Bonchev–Trinajstić information content (AvgIpc) is 2.72. The predicted octanol–water partition coefficient (Wildman–Crippen LogP) is 3.02. The molecule has 0 amide bonds. The third-order valence-corrected chi connectivity index (χ3v) is 5.02. The molecule has 1 aromatic heterocycles. The molecule has 19 heavy (non-hydrogen) atoms. The standard InChI is InChI=1S/C14H24BrN3O/c1-4-18-13(14(15)10(2)17-18)9-19-12-7-5-11(16-3)6-8-12/h11-12,16H,4-9H2,1-3H3. The molecule has 1 N–H and O–H groups in total. The van der Waals surface area contributed by atoms with E-state index >= 15 is 0 Å². The first-order valence-electron chi connectivity index (χ1n) is 7.16. The van der Waals surface area contributed by atoms with Gasteiger partial charge in [0, 0.05) is 12.6 Å². The van der Waals surface area contributed by atoms with Crippen LogP contribution in [0, 0.1) is 6.92 Å². The summed E-state index contributed by atoms with van der Waals surface area (Å²) >= 11 is 3.61. The van der Waals surface area contributed by atoms with E-state index in [1.807, 2.05) is 18.7 Å². The molecule has 4 nitrogen and oxygen atoms in total. The second-order valence-corrected chi connectivity index (χ2v) is 6.03. The van der Waals surface area contributed by atoms with Gasteiger partial charge in [0.25, 0.3) is 0 Å². The van der Waals surface area contributed by atoms with Crippen molar-refractivity contribution < 1.29 is 4.74 Å². The molecule has 1 heterocycles. The minimum absolute atomic E-state index is 0.400. The topological polar surface area (TPSA) is 39.1 Å². The van der Waals surface area contributed by atoms with E-state index in [1.54, 1.807) is 0 Å². The summed E-state index contributed by atoms with van der Waals surface area (Å²) in [5.41, 5.74) is 2.20. The zero-order valence-corrected chi connectivity index (χ0v) is 13.7. The molecule has 0 saturated heterocycles. The highest BCUT2D eigenvalue weighted by molar-refractivity contribution is 9.10. The van der Waals surface area contributed by atoms with Crippen LogP contribution in [0.15, 0.2) is 4.47 Å². The summed E-state index contributed by atoms with van der Waals surface area (Å²) in [5, 5.41) is 7.85. The van der Waals surface area contributed by atoms with Crippen LogP contribution >= 0.6 is 15.9 Å². The van der Waals surface area contributed by atoms with Gasteiger partial charge in [-0.25, -0.2) is 0 Å². The van der Waals surface area contributed by atoms with Crippen molar-refractivity contribution in [2.75, 3.05) is 7.05 Å². The summed E-state index contributed by atoms with van der Waals surface area (Å²) in [7, 11) is 2.05. The number of hydrogen-bond donors (Lipinski definition) is 1. The van der Waals surface area contributed by atoms with Gasteiger partial charge >= 0.3 is 0 Å². The van der Waals surface area contributed by atoms with E-state index in [0.29, 0.717) is 18.8 Å². The molecule has 1 aromatic rings. The fraction of sp³-hybridized carbons (Fsp3) is 0.786. The molecule has 108 valence electrons. The van der Waals surface area contributed by atoms with E-state index in [9.17, 15) is 0 Å². The minimum Gasteiger partial charge on any atom is -0.372 e. The summed E-state index contributed by atoms with van der Waals surface area (Å²) in [6.45, 7) is 5.68. The van der Waals surface area contributed by atoms with Gasteiger partial charge in [-0.05, 0) is 62.5 Å². The van der Waals surface area contributed by atoms with E-state index < -0.39 is 0 Å². The first-order valence-corrected chi connectivity index (χ1v) is 7.95. The second kappa shape index (κ2) is 6.86. The largest absolute Gasteiger partial charge is 0.372 e. The maximum atomic E-state index is 6.08. The Bertz CT molecular complexity index is 411. The predicted molar refractivity (Wildman–Crippen MR) is 80.2 cm³/mol. The van der Waals surface area contributed by atoms with E-state index in [4.69, 9.17) is 4.74 Å². The maximum Gasteiger partial charge on any atom is 0.0900 e. The van der Waals surface area contributed by atoms with Gasteiger partial charge < -0.3 is 10.1 Å². The monoisotopic (exact) mass is 329 g/mol. The Morgan fingerprint density at radius 1 is 1.37 bits per heavy atom. The molecule has 0 aromatic carbocycles. The Balaban J connectivity index is 1.89. The fourth-order valence-electron chi connectivity index (χ4n) is 2.72. The summed E-state index contributed by atoms with van der Waals surface area (Å²) < 4.78 is 9.20. The Labute approximate surface area is 124 Å². The van der Waals surface area contributed by atoms with Gasteiger partial charge in [-0.2, -0.15) is 5.10 Å². The molecule has 1 fully saturated rings. The molecule has 1 saturated carbocycles. The smallest absolute Gasteiger partial charge is 0.0900 e. The first kappa shape index (κ1) is 15.0. The Kier molecular flexibility index (Phi) is 5.42. The molecular weight excluding hydrogens is 306 g/mol. The number of aromatic nitrogens is 2. The number of ether oxygens (including phenoxy) is 1. The van der Waals surface area contributed by atoms with Crippen molar-refractivity contribution in [3.63, 3.8) is 0 Å². The first-order chi connectivity index (χ1) is 9.15. The second-order valence-electron chi connectivity index (χ2n) is 5.24. The molecule has 0 radical (unpaired) electrons. The highest BCUT2D eigenvalue weighted by atomic mass is 79.9. The fourth-order valence-corrected chi connectivity index (χ4v) is 3.12. The van der Waals surface area contributed by atoms with Crippen molar-refractivity contribution in [3.8, 4) is 0 Å². The lowest BCUT2D eigenvalue weighted by molar-refractivity contribution is 0.00846. The third kappa shape index (κ3) is 3.58.